The molecule has 0 aromatic heterocycles. The summed E-state index contributed by atoms with van der Waals surface area (Å²) >= 11 is 11.8. The molecule has 1 amide bonds. The number of carbonyl (C=O) groups excluding carboxylic acids is 1. The second-order valence-electron chi connectivity index (χ2n) is 6.38. The quantitative estimate of drug-likeness (QED) is 0.443. The van der Waals surface area contributed by atoms with Gasteiger partial charge in [0.05, 0.1) is 17.7 Å². The molecule has 3 aromatic carbocycles. The lowest BCUT2D eigenvalue weighted by Crippen LogP contribution is -2.13. The number of halogens is 2. The highest BCUT2D eigenvalue weighted by molar-refractivity contribution is 7.92. The molecule has 3 rings (SSSR count). The van der Waals surface area contributed by atoms with E-state index in [0.717, 1.165) is 11.3 Å². The second kappa shape index (κ2) is 9.87. The van der Waals surface area contributed by atoms with E-state index in [4.69, 9.17) is 27.9 Å². The van der Waals surface area contributed by atoms with E-state index in [0.29, 0.717) is 15.7 Å². The monoisotopic (exact) mass is 476 g/mol. The van der Waals surface area contributed by atoms with Crippen molar-refractivity contribution in [1.29, 1.82) is 0 Å². The molecular formula is C22H18Cl2N2O4S. The van der Waals surface area contributed by atoms with Crippen molar-refractivity contribution in [2.45, 2.75) is 4.90 Å². The Balaban J connectivity index is 1.64. The molecule has 3 aromatic rings. The molecule has 0 bridgehead atoms. The fraction of sp³-hybridized carbons (Fsp3) is 0.0455. The van der Waals surface area contributed by atoms with Crippen LogP contribution in [0.25, 0.3) is 6.08 Å². The van der Waals surface area contributed by atoms with Crippen molar-refractivity contribution in [2.75, 3.05) is 17.1 Å². The molecule has 9 heteroatoms. The summed E-state index contributed by atoms with van der Waals surface area (Å²) in [7, 11) is -2.27. The molecule has 0 saturated heterocycles. The van der Waals surface area contributed by atoms with E-state index in [9.17, 15) is 13.2 Å². The first kappa shape index (κ1) is 22.7. The number of hydrogen-bond acceptors (Lipinski definition) is 4. The summed E-state index contributed by atoms with van der Waals surface area (Å²) in [6.45, 7) is 0. The zero-order chi connectivity index (χ0) is 22.4. The van der Waals surface area contributed by atoms with E-state index in [-0.39, 0.29) is 16.5 Å². The van der Waals surface area contributed by atoms with Gasteiger partial charge >= 0.3 is 0 Å². The van der Waals surface area contributed by atoms with Gasteiger partial charge in [-0.05, 0) is 66.2 Å². The van der Waals surface area contributed by atoms with Crippen molar-refractivity contribution in [3.8, 4) is 5.75 Å². The maximum absolute atomic E-state index is 12.6. The molecule has 0 saturated carbocycles. The lowest BCUT2D eigenvalue weighted by atomic mass is 10.2. The van der Waals surface area contributed by atoms with Crippen LogP contribution in [0, 0.1) is 0 Å². The number of ether oxygens (including phenoxy) is 1. The second-order valence-corrected chi connectivity index (χ2v) is 8.94. The number of rotatable bonds is 7. The maximum atomic E-state index is 12.6. The third-order valence-electron chi connectivity index (χ3n) is 4.09. The van der Waals surface area contributed by atoms with Gasteiger partial charge in [-0.3, -0.25) is 9.52 Å². The average Bonchev–Trinajstić information content (AvgIpc) is 2.72. The predicted molar refractivity (Wildman–Crippen MR) is 124 cm³/mol. The van der Waals surface area contributed by atoms with Crippen LogP contribution in [0.15, 0.2) is 77.7 Å². The van der Waals surface area contributed by atoms with Crippen molar-refractivity contribution in [3.63, 3.8) is 0 Å². The molecule has 160 valence electrons. The van der Waals surface area contributed by atoms with Crippen LogP contribution in [-0.4, -0.2) is 21.4 Å². The first-order valence-electron chi connectivity index (χ1n) is 8.97. The number of nitrogens with one attached hydrogen (secondary N) is 2. The number of anilines is 2. The summed E-state index contributed by atoms with van der Waals surface area (Å²) in [5.74, 6) is 0.378. The summed E-state index contributed by atoms with van der Waals surface area (Å²) < 4.78 is 32.6. The van der Waals surface area contributed by atoms with Crippen LogP contribution in [0.1, 0.15) is 5.56 Å². The Morgan fingerprint density at radius 2 is 1.52 bits per heavy atom. The van der Waals surface area contributed by atoms with Gasteiger partial charge in [-0.2, -0.15) is 0 Å². The molecule has 0 aliphatic carbocycles. The maximum Gasteiger partial charge on any atom is 0.261 e. The standard InChI is InChI=1S/C22H18Cl2N2O4S/c1-30-20-7-2-15(3-8-20)4-11-22(27)25-18-5-9-21(10-6-18)31(28,29)26-19-13-16(23)12-17(24)14-19/h2-14,26H,1H3,(H,25,27)/b11-4+. The summed E-state index contributed by atoms with van der Waals surface area (Å²) in [4.78, 5) is 12.1. The number of sulfonamides is 1. The highest BCUT2D eigenvalue weighted by atomic mass is 35.5. The third kappa shape index (κ3) is 6.49. The number of hydrogen-bond donors (Lipinski definition) is 2. The van der Waals surface area contributed by atoms with Crippen molar-refractivity contribution < 1.29 is 17.9 Å². The number of carbonyl (C=O) groups is 1. The smallest absolute Gasteiger partial charge is 0.261 e. The van der Waals surface area contributed by atoms with Gasteiger partial charge in [-0.1, -0.05) is 35.3 Å². The minimum absolute atomic E-state index is 0.0235. The molecule has 0 spiro atoms. The number of methoxy groups -OCH3 is 1. The minimum Gasteiger partial charge on any atom is -0.497 e. The highest BCUT2D eigenvalue weighted by Crippen LogP contribution is 2.25. The minimum atomic E-state index is -3.85. The molecule has 6 nitrogen and oxygen atoms in total. The zero-order valence-corrected chi connectivity index (χ0v) is 18.6. The Morgan fingerprint density at radius 3 is 2.10 bits per heavy atom. The van der Waals surface area contributed by atoms with Crippen LogP contribution in [0.3, 0.4) is 0 Å². The summed E-state index contributed by atoms with van der Waals surface area (Å²) in [6.07, 6.45) is 3.05. The van der Waals surface area contributed by atoms with Gasteiger partial charge in [-0.15, -0.1) is 0 Å². The molecule has 0 fully saturated rings. The SMILES string of the molecule is COc1ccc(/C=C/C(=O)Nc2ccc(S(=O)(=O)Nc3cc(Cl)cc(Cl)c3)cc2)cc1. The van der Waals surface area contributed by atoms with Gasteiger partial charge < -0.3 is 10.1 Å². The third-order valence-corrected chi connectivity index (χ3v) is 5.92. The van der Waals surface area contributed by atoms with Crippen molar-refractivity contribution >= 4 is 56.6 Å². The summed E-state index contributed by atoms with van der Waals surface area (Å²) in [6, 6.07) is 17.4. The Bertz CT molecular complexity index is 1190. The molecule has 31 heavy (non-hydrogen) atoms. The fourth-order valence-electron chi connectivity index (χ4n) is 2.62. The van der Waals surface area contributed by atoms with Crippen molar-refractivity contribution in [1.82, 2.24) is 0 Å². The molecule has 0 atom stereocenters. The van der Waals surface area contributed by atoms with Gasteiger partial charge in [0.15, 0.2) is 0 Å². The van der Waals surface area contributed by atoms with Gasteiger partial charge in [0.2, 0.25) is 5.91 Å². The van der Waals surface area contributed by atoms with Crippen LogP contribution in [0.5, 0.6) is 5.75 Å². The largest absolute Gasteiger partial charge is 0.497 e. The van der Waals surface area contributed by atoms with Crippen molar-refractivity contribution in [3.05, 3.63) is 88.4 Å². The molecule has 0 aliphatic heterocycles. The molecule has 0 unspecified atom stereocenters. The Labute approximate surface area is 190 Å². The van der Waals surface area contributed by atoms with Crippen LogP contribution in [-0.2, 0) is 14.8 Å². The van der Waals surface area contributed by atoms with E-state index < -0.39 is 10.0 Å². The zero-order valence-electron chi connectivity index (χ0n) is 16.3. The summed E-state index contributed by atoms with van der Waals surface area (Å²) in [5, 5.41) is 3.30. The van der Waals surface area contributed by atoms with Crippen molar-refractivity contribution in [2.24, 2.45) is 0 Å². The lowest BCUT2D eigenvalue weighted by Gasteiger charge is -2.10. The molecular weight excluding hydrogens is 459 g/mol. The summed E-state index contributed by atoms with van der Waals surface area (Å²) in [5.41, 5.74) is 1.54. The van der Waals surface area contributed by atoms with E-state index in [1.54, 1.807) is 25.3 Å². The lowest BCUT2D eigenvalue weighted by molar-refractivity contribution is -0.111. The first-order valence-corrected chi connectivity index (χ1v) is 11.2. The van der Waals surface area contributed by atoms with Gasteiger partial charge in [-0.25, -0.2) is 8.42 Å². The molecule has 2 N–H and O–H groups in total. The highest BCUT2D eigenvalue weighted by Gasteiger charge is 2.15. The molecule has 0 aliphatic rings. The van der Waals surface area contributed by atoms with Crippen LogP contribution < -0.4 is 14.8 Å². The number of amides is 1. The Hall–Kier alpha value is -3.00. The van der Waals surface area contributed by atoms with E-state index >= 15 is 0 Å². The normalized spacial score (nSPS) is 11.3. The average molecular weight is 477 g/mol. The van der Waals surface area contributed by atoms with Gasteiger partial charge in [0.1, 0.15) is 5.75 Å². The fourth-order valence-corrected chi connectivity index (χ4v) is 4.18. The van der Waals surface area contributed by atoms with E-state index in [1.165, 1.54) is 48.5 Å². The Morgan fingerprint density at radius 1 is 0.903 bits per heavy atom. The Kier molecular flexibility index (Phi) is 7.22. The first-order chi connectivity index (χ1) is 14.7. The topological polar surface area (TPSA) is 84.5 Å². The van der Waals surface area contributed by atoms with E-state index in [1.807, 2.05) is 12.1 Å². The molecule has 0 heterocycles. The van der Waals surface area contributed by atoms with Gasteiger partial charge in [0.25, 0.3) is 10.0 Å². The van der Waals surface area contributed by atoms with Crippen LogP contribution in [0.4, 0.5) is 11.4 Å². The van der Waals surface area contributed by atoms with Crippen LogP contribution in [0.2, 0.25) is 10.0 Å². The number of benzene rings is 3. The van der Waals surface area contributed by atoms with Crippen LogP contribution >= 0.6 is 23.2 Å². The van der Waals surface area contributed by atoms with E-state index in [2.05, 4.69) is 10.0 Å². The molecule has 0 radical (unpaired) electrons. The predicted octanol–water partition coefficient (Wildman–Crippen LogP) is 5.45. The van der Waals surface area contributed by atoms with Gasteiger partial charge in [0, 0.05) is 21.8 Å².